The van der Waals surface area contributed by atoms with Gasteiger partial charge in [0.15, 0.2) is 0 Å². The third kappa shape index (κ3) is 1.49. The van der Waals surface area contributed by atoms with Crippen LogP contribution in [0.4, 0.5) is 0 Å². The molecule has 0 amide bonds. The molecule has 1 fully saturated rings. The summed E-state index contributed by atoms with van der Waals surface area (Å²) in [5, 5.41) is 3.22. The van der Waals surface area contributed by atoms with Crippen molar-refractivity contribution in [1.82, 2.24) is 5.32 Å². The van der Waals surface area contributed by atoms with Gasteiger partial charge in [-0.3, -0.25) is 0 Å². The monoisotopic (exact) mass is 254 g/mol. The highest BCUT2D eigenvalue weighted by atomic mass is 79.9. The number of nitrogens with one attached hydrogen (secondary N) is 1. The van der Waals surface area contributed by atoms with Gasteiger partial charge in [0.1, 0.15) is 0 Å². The molecule has 0 bridgehead atoms. The molecule has 1 heterocycles. The van der Waals surface area contributed by atoms with Gasteiger partial charge in [-0.1, -0.05) is 22.0 Å². The number of rotatable bonds is 1. The van der Waals surface area contributed by atoms with Gasteiger partial charge in [0, 0.05) is 17.6 Å². The Bertz CT molecular complexity index is 370. The Morgan fingerprint density at radius 3 is 2.36 bits per heavy atom. The highest BCUT2D eigenvalue weighted by Gasteiger charge is 2.35. The molecular formula is C11H15BrN2. The predicted octanol–water partition coefficient (Wildman–Crippen LogP) is 1.82. The average Bonchev–Trinajstić information content (AvgIpc) is 2.07. The molecule has 2 nitrogen and oxygen atoms in total. The zero-order chi connectivity index (χ0) is 10.3. The molecule has 3 heteroatoms. The van der Waals surface area contributed by atoms with Crippen LogP contribution in [-0.2, 0) is 5.54 Å². The molecule has 0 aliphatic carbocycles. The zero-order valence-corrected chi connectivity index (χ0v) is 10.1. The molecule has 1 aromatic rings. The van der Waals surface area contributed by atoms with Gasteiger partial charge in [0.2, 0.25) is 0 Å². The molecular weight excluding hydrogens is 240 g/mol. The summed E-state index contributed by atoms with van der Waals surface area (Å²) in [6, 6.07) is 4.35. The normalized spacial score (nSPS) is 19.1. The largest absolute Gasteiger partial charge is 0.319 e. The first kappa shape index (κ1) is 10.1. The summed E-state index contributed by atoms with van der Waals surface area (Å²) in [7, 11) is 0. The minimum absolute atomic E-state index is 0.169. The number of aryl methyl sites for hydroxylation is 2. The Labute approximate surface area is 93.0 Å². The summed E-state index contributed by atoms with van der Waals surface area (Å²) in [5.74, 6) is 0. The van der Waals surface area contributed by atoms with Gasteiger partial charge < -0.3 is 11.1 Å². The number of hydrogen-bond acceptors (Lipinski definition) is 2. The second kappa shape index (κ2) is 3.33. The van der Waals surface area contributed by atoms with Crippen LogP contribution in [0.5, 0.6) is 0 Å². The standard InChI is InChI=1S/C11H15BrN2/c1-7-3-9(10(12)4-8(7)2)11(13)5-14-6-11/h3-4,14H,5-6,13H2,1-2H3. The van der Waals surface area contributed by atoms with Gasteiger partial charge in [-0.05, 0) is 36.6 Å². The van der Waals surface area contributed by atoms with Crippen molar-refractivity contribution in [2.45, 2.75) is 19.4 Å². The maximum Gasteiger partial charge on any atom is 0.0673 e. The number of nitrogens with two attached hydrogens (primary N) is 1. The molecule has 0 aromatic heterocycles. The first-order valence-electron chi connectivity index (χ1n) is 4.80. The Hall–Kier alpha value is -0.380. The molecule has 0 spiro atoms. The third-order valence-corrected chi connectivity index (χ3v) is 3.66. The van der Waals surface area contributed by atoms with Gasteiger partial charge in [-0.2, -0.15) is 0 Å². The Kier molecular flexibility index (Phi) is 2.41. The van der Waals surface area contributed by atoms with E-state index in [2.05, 4.69) is 47.2 Å². The van der Waals surface area contributed by atoms with Crippen molar-refractivity contribution >= 4 is 15.9 Å². The van der Waals surface area contributed by atoms with E-state index in [9.17, 15) is 0 Å². The lowest BCUT2D eigenvalue weighted by Crippen LogP contribution is -2.62. The predicted molar refractivity (Wildman–Crippen MR) is 62.4 cm³/mol. The van der Waals surface area contributed by atoms with Crippen molar-refractivity contribution in [2.75, 3.05) is 13.1 Å². The fourth-order valence-electron chi connectivity index (χ4n) is 1.75. The third-order valence-electron chi connectivity index (χ3n) is 3.00. The molecule has 0 radical (unpaired) electrons. The Balaban J connectivity index is 2.48. The molecule has 1 aliphatic heterocycles. The second-order valence-electron chi connectivity index (χ2n) is 4.18. The first-order valence-corrected chi connectivity index (χ1v) is 5.59. The van der Waals surface area contributed by atoms with E-state index >= 15 is 0 Å². The van der Waals surface area contributed by atoms with Crippen LogP contribution in [0, 0.1) is 13.8 Å². The first-order chi connectivity index (χ1) is 6.53. The van der Waals surface area contributed by atoms with Gasteiger partial charge in [0.25, 0.3) is 0 Å². The average molecular weight is 255 g/mol. The highest BCUT2D eigenvalue weighted by Crippen LogP contribution is 2.31. The highest BCUT2D eigenvalue weighted by molar-refractivity contribution is 9.10. The minimum atomic E-state index is -0.169. The minimum Gasteiger partial charge on any atom is -0.319 e. The fraction of sp³-hybridized carbons (Fsp3) is 0.455. The second-order valence-corrected chi connectivity index (χ2v) is 5.03. The quantitative estimate of drug-likeness (QED) is 0.803. The van der Waals surface area contributed by atoms with E-state index in [0.717, 1.165) is 17.6 Å². The SMILES string of the molecule is Cc1cc(Br)c(C2(N)CNC2)cc1C. The smallest absolute Gasteiger partial charge is 0.0673 e. The lowest BCUT2D eigenvalue weighted by molar-refractivity contribution is 0.286. The molecule has 2 rings (SSSR count). The Morgan fingerprint density at radius 2 is 1.86 bits per heavy atom. The number of benzene rings is 1. The van der Waals surface area contributed by atoms with Crippen molar-refractivity contribution in [3.63, 3.8) is 0 Å². The van der Waals surface area contributed by atoms with Crippen LogP contribution in [0.2, 0.25) is 0 Å². The maximum atomic E-state index is 6.25. The van der Waals surface area contributed by atoms with Crippen LogP contribution >= 0.6 is 15.9 Å². The van der Waals surface area contributed by atoms with E-state index in [4.69, 9.17) is 5.73 Å². The molecule has 3 N–H and O–H groups in total. The lowest BCUT2D eigenvalue weighted by atomic mass is 9.84. The summed E-state index contributed by atoms with van der Waals surface area (Å²) in [5.41, 5.74) is 9.91. The molecule has 1 saturated heterocycles. The zero-order valence-electron chi connectivity index (χ0n) is 8.52. The van der Waals surface area contributed by atoms with E-state index in [1.165, 1.54) is 16.7 Å². The van der Waals surface area contributed by atoms with Crippen LogP contribution in [-0.4, -0.2) is 13.1 Å². The van der Waals surface area contributed by atoms with Gasteiger partial charge >= 0.3 is 0 Å². The fourth-order valence-corrected chi connectivity index (χ4v) is 2.60. The summed E-state index contributed by atoms with van der Waals surface area (Å²) in [6.07, 6.45) is 0. The van der Waals surface area contributed by atoms with Gasteiger partial charge in [0.05, 0.1) is 5.54 Å². The number of halogens is 1. The van der Waals surface area contributed by atoms with Gasteiger partial charge in [-0.25, -0.2) is 0 Å². The molecule has 1 aliphatic rings. The van der Waals surface area contributed by atoms with Crippen LogP contribution < -0.4 is 11.1 Å². The number of hydrogen-bond donors (Lipinski definition) is 2. The van der Waals surface area contributed by atoms with Crippen LogP contribution in [0.1, 0.15) is 16.7 Å². The molecule has 1 aromatic carbocycles. The van der Waals surface area contributed by atoms with E-state index in [0.29, 0.717) is 0 Å². The van der Waals surface area contributed by atoms with Crippen molar-refractivity contribution < 1.29 is 0 Å². The van der Waals surface area contributed by atoms with Gasteiger partial charge in [-0.15, -0.1) is 0 Å². The van der Waals surface area contributed by atoms with Crippen LogP contribution in [0.15, 0.2) is 16.6 Å². The van der Waals surface area contributed by atoms with Crippen molar-refractivity contribution in [3.8, 4) is 0 Å². The van der Waals surface area contributed by atoms with Crippen molar-refractivity contribution in [1.29, 1.82) is 0 Å². The molecule has 0 saturated carbocycles. The molecule has 0 atom stereocenters. The molecule has 76 valence electrons. The van der Waals surface area contributed by atoms with E-state index in [-0.39, 0.29) is 5.54 Å². The Morgan fingerprint density at radius 1 is 1.29 bits per heavy atom. The lowest BCUT2D eigenvalue weighted by Gasteiger charge is -2.40. The van der Waals surface area contributed by atoms with E-state index in [1.807, 2.05) is 0 Å². The maximum absolute atomic E-state index is 6.25. The van der Waals surface area contributed by atoms with Crippen molar-refractivity contribution in [2.24, 2.45) is 5.73 Å². The molecule has 0 unspecified atom stereocenters. The summed E-state index contributed by atoms with van der Waals surface area (Å²) >= 11 is 3.58. The van der Waals surface area contributed by atoms with E-state index < -0.39 is 0 Å². The molecule has 14 heavy (non-hydrogen) atoms. The van der Waals surface area contributed by atoms with Crippen LogP contribution in [0.3, 0.4) is 0 Å². The van der Waals surface area contributed by atoms with E-state index in [1.54, 1.807) is 0 Å². The summed E-state index contributed by atoms with van der Waals surface area (Å²) < 4.78 is 1.13. The topological polar surface area (TPSA) is 38.0 Å². The summed E-state index contributed by atoms with van der Waals surface area (Å²) in [4.78, 5) is 0. The summed E-state index contributed by atoms with van der Waals surface area (Å²) in [6.45, 7) is 5.98. The van der Waals surface area contributed by atoms with Crippen molar-refractivity contribution in [3.05, 3.63) is 33.3 Å². The van der Waals surface area contributed by atoms with Crippen LogP contribution in [0.25, 0.3) is 0 Å².